The van der Waals surface area contributed by atoms with Gasteiger partial charge in [-0.05, 0) is 12.0 Å². The van der Waals surface area contributed by atoms with Gasteiger partial charge in [-0.3, -0.25) is 4.79 Å². The average Bonchev–Trinajstić information content (AvgIpc) is 2.45. The van der Waals surface area contributed by atoms with Crippen LogP contribution in [0.5, 0.6) is 0 Å². The number of nitrogens with one attached hydrogen (secondary N) is 1. The zero-order valence-electron chi connectivity index (χ0n) is 11.2. The molecule has 0 saturated carbocycles. The van der Waals surface area contributed by atoms with Gasteiger partial charge in [0, 0.05) is 19.0 Å². The van der Waals surface area contributed by atoms with Gasteiger partial charge in [-0.15, -0.1) is 0 Å². The van der Waals surface area contributed by atoms with E-state index in [0.29, 0.717) is 13.0 Å². The predicted octanol–water partition coefficient (Wildman–Crippen LogP) is 0.0317. The number of piperidine rings is 1. The van der Waals surface area contributed by atoms with Gasteiger partial charge in [0.2, 0.25) is 5.91 Å². The summed E-state index contributed by atoms with van der Waals surface area (Å²) in [5, 5.41) is 12.5. The molecular weight excluding hydrogens is 258 g/mol. The number of nitrogens with two attached hydrogens (primary N) is 1. The van der Waals surface area contributed by atoms with E-state index in [0.717, 1.165) is 5.56 Å². The number of likely N-dealkylation sites (tertiary alicyclic amines) is 1. The smallest absolute Gasteiger partial charge is 0.312 e. The molecule has 1 aromatic rings. The maximum Gasteiger partial charge on any atom is 0.312 e. The largest absolute Gasteiger partial charge is 0.391 e. The Morgan fingerprint density at radius 3 is 2.65 bits per heavy atom. The summed E-state index contributed by atoms with van der Waals surface area (Å²) in [5.74, 6) is -0.182. The third kappa shape index (κ3) is 3.48. The maximum absolute atomic E-state index is 11.8. The molecule has 108 valence electrons. The fourth-order valence-corrected chi connectivity index (χ4v) is 2.52. The maximum atomic E-state index is 11.8. The van der Waals surface area contributed by atoms with Crippen LogP contribution < -0.4 is 11.1 Å². The van der Waals surface area contributed by atoms with E-state index < -0.39 is 12.1 Å². The molecule has 3 amide bonds. The van der Waals surface area contributed by atoms with Gasteiger partial charge in [0.15, 0.2) is 0 Å². The first-order valence-electron chi connectivity index (χ1n) is 6.62. The summed E-state index contributed by atoms with van der Waals surface area (Å²) in [5.41, 5.74) is 6.01. The van der Waals surface area contributed by atoms with Crippen molar-refractivity contribution in [3.63, 3.8) is 0 Å². The van der Waals surface area contributed by atoms with Gasteiger partial charge in [0.25, 0.3) is 0 Å². The number of aliphatic hydroxyl groups excluding tert-OH is 1. The minimum atomic E-state index is -0.724. The number of urea groups is 1. The van der Waals surface area contributed by atoms with Crippen LogP contribution in [0, 0.1) is 0 Å². The first-order valence-corrected chi connectivity index (χ1v) is 6.62. The quantitative estimate of drug-likeness (QED) is 0.727. The number of carbonyl (C=O) groups excluding carboxylic acids is 2. The number of β-amino-alcohol motifs (C(OH)–C–C–N with tert-alkyl or cyclic N) is 1. The Morgan fingerprint density at radius 1 is 1.35 bits per heavy atom. The van der Waals surface area contributed by atoms with E-state index in [1.54, 1.807) is 4.90 Å². The first kappa shape index (κ1) is 14.3. The third-order valence-electron chi connectivity index (χ3n) is 3.58. The summed E-state index contributed by atoms with van der Waals surface area (Å²) >= 11 is 0. The summed E-state index contributed by atoms with van der Waals surface area (Å²) in [4.78, 5) is 24.0. The second-order valence-corrected chi connectivity index (χ2v) is 4.93. The molecule has 2 rings (SSSR count). The van der Waals surface area contributed by atoms with Gasteiger partial charge in [0.1, 0.15) is 0 Å². The van der Waals surface area contributed by atoms with Crippen molar-refractivity contribution >= 4 is 11.9 Å². The number of amides is 3. The van der Waals surface area contributed by atoms with E-state index in [1.165, 1.54) is 0 Å². The molecule has 1 fully saturated rings. The van der Waals surface area contributed by atoms with Crippen molar-refractivity contribution in [2.45, 2.75) is 18.4 Å². The van der Waals surface area contributed by atoms with E-state index in [-0.39, 0.29) is 24.9 Å². The molecule has 1 aliphatic heterocycles. The fourth-order valence-electron chi connectivity index (χ4n) is 2.52. The number of carbonyl (C=O) groups is 2. The van der Waals surface area contributed by atoms with Crippen LogP contribution in [0.15, 0.2) is 30.3 Å². The van der Waals surface area contributed by atoms with Crippen molar-refractivity contribution in [2.75, 3.05) is 19.6 Å². The Kier molecular flexibility index (Phi) is 4.57. The Morgan fingerprint density at radius 2 is 2.05 bits per heavy atom. The number of primary amides is 1. The number of rotatable bonds is 3. The van der Waals surface area contributed by atoms with E-state index in [2.05, 4.69) is 5.32 Å². The van der Waals surface area contributed by atoms with Crippen LogP contribution in [0.2, 0.25) is 0 Å². The monoisotopic (exact) mass is 277 g/mol. The highest BCUT2D eigenvalue weighted by Gasteiger charge is 2.30. The molecule has 4 N–H and O–H groups in total. The molecule has 0 radical (unpaired) electrons. The number of nitrogens with zero attached hydrogens (tertiary/aromatic N) is 1. The molecular formula is C14H19N3O3. The molecule has 0 spiro atoms. The topological polar surface area (TPSA) is 95.7 Å². The molecule has 1 aliphatic rings. The summed E-state index contributed by atoms with van der Waals surface area (Å²) in [6.07, 6.45) is 0.108. The van der Waals surface area contributed by atoms with Gasteiger partial charge in [-0.25, -0.2) is 4.79 Å². The number of benzene rings is 1. The number of hydrogen-bond acceptors (Lipinski definition) is 3. The summed E-state index contributed by atoms with van der Waals surface area (Å²) in [6.45, 7) is 0.715. The molecule has 0 aromatic heterocycles. The lowest BCUT2D eigenvalue weighted by Gasteiger charge is -2.36. The zero-order valence-corrected chi connectivity index (χ0v) is 11.2. The van der Waals surface area contributed by atoms with Crippen molar-refractivity contribution in [1.82, 2.24) is 10.2 Å². The molecule has 0 aliphatic carbocycles. The van der Waals surface area contributed by atoms with Crippen LogP contribution >= 0.6 is 0 Å². The fraction of sp³-hybridized carbons (Fsp3) is 0.429. The highest BCUT2D eigenvalue weighted by Crippen LogP contribution is 2.28. The van der Waals surface area contributed by atoms with Crippen molar-refractivity contribution < 1.29 is 14.7 Å². The highest BCUT2D eigenvalue weighted by molar-refractivity contribution is 5.83. The average molecular weight is 277 g/mol. The Balaban J connectivity index is 1.92. The number of hydrogen-bond donors (Lipinski definition) is 3. The van der Waals surface area contributed by atoms with Crippen LogP contribution in [0.25, 0.3) is 0 Å². The van der Waals surface area contributed by atoms with Gasteiger partial charge in [-0.2, -0.15) is 0 Å². The van der Waals surface area contributed by atoms with Crippen LogP contribution in [0.3, 0.4) is 0 Å². The van der Waals surface area contributed by atoms with Crippen LogP contribution in [-0.4, -0.2) is 47.7 Å². The molecule has 1 saturated heterocycles. The number of aliphatic hydroxyl groups is 1. The van der Waals surface area contributed by atoms with Crippen molar-refractivity contribution in [3.8, 4) is 0 Å². The highest BCUT2D eigenvalue weighted by atomic mass is 16.3. The van der Waals surface area contributed by atoms with E-state index >= 15 is 0 Å². The second-order valence-electron chi connectivity index (χ2n) is 4.93. The summed E-state index contributed by atoms with van der Waals surface area (Å²) in [7, 11) is 0. The van der Waals surface area contributed by atoms with Gasteiger partial charge in [-0.1, -0.05) is 30.3 Å². The van der Waals surface area contributed by atoms with E-state index in [1.807, 2.05) is 30.3 Å². The normalized spacial score (nSPS) is 22.4. The molecule has 6 nitrogen and oxygen atoms in total. The minimum absolute atomic E-state index is 0.0457. The molecule has 1 aromatic carbocycles. The van der Waals surface area contributed by atoms with Gasteiger partial charge < -0.3 is 21.1 Å². The lowest BCUT2D eigenvalue weighted by atomic mass is 9.87. The Hall–Kier alpha value is -2.08. The van der Waals surface area contributed by atoms with Crippen molar-refractivity contribution in [1.29, 1.82) is 0 Å². The summed E-state index contributed by atoms with van der Waals surface area (Å²) < 4.78 is 0. The SMILES string of the molecule is NC(=O)NCC(=O)N1CC[C@@H](c2ccccc2)[C@H](O)C1. The molecule has 0 unspecified atom stereocenters. The van der Waals surface area contributed by atoms with Crippen molar-refractivity contribution in [3.05, 3.63) is 35.9 Å². The van der Waals surface area contributed by atoms with Crippen molar-refractivity contribution in [2.24, 2.45) is 5.73 Å². The molecule has 2 atom stereocenters. The van der Waals surface area contributed by atoms with Crippen LogP contribution in [0.4, 0.5) is 4.79 Å². The first-order chi connectivity index (χ1) is 9.58. The molecule has 6 heteroatoms. The van der Waals surface area contributed by atoms with E-state index in [4.69, 9.17) is 5.73 Å². The molecule has 0 bridgehead atoms. The lowest BCUT2D eigenvalue weighted by molar-refractivity contribution is -0.133. The van der Waals surface area contributed by atoms with Crippen LogP contribution in [-0.2, 0) is 4.79 Å². The van der Waals surface area contributed by atoms with Crippen LogP contribution in [0.1, 0.15) is 17.9 Å². The second kappa shape index (κ2) is 6.38. The predicted molar refractivity (Wildman–Crippen MR) is 74.0 cm³/mol. The zero-order chi connectivity index (χ0) is 14.5. The lowest BCUT2D eigenvalue weighted by Crippen LogP contribution is -2.49. The third-order valence-corrected chi connectivity index (χ3v) is 3.58. The molecule has 20 heavy (non-hydrogen) atoms. The van der Waals surface area contributed by atoms with Gasteiger partial charge in [0.05, 0.1) is 12.6 Å². The Bertz CT molecular complexity index is 478. The minimum Gasteiger partial charge on any atom is -0.391 e. The molecule has 1 heterocycles. The summed E-state index contributed by atoms with van der Waals surface area (Å²) in [6, 6.07) is 9.06. The Labute approximate surface area is 117 Å². The standard InChI is InChI=1S/C14H19N3O3/c15-14(20)16-8-13(19)17-7-6-11(12(18)9-17)10-4-2-1-3-5-10/h1-5,11-12,18H,6-9H2,(H3,15,16,20)/t11-,12+/m0/s1. The van der Waals surface area contributed by atoms with Gasteiger partial charge >= 0.3 is 6.03 Å². The van der Waals surface area contributed by atoms with E-state index in [9.17, 15) is 14.7 Å².